The smallest absolute Gasteiger partial charge is 0.319 e. The standard InChI is InChI=1S/C19H22N2O2/c1-11-8-12(2)17(13(3)9-11)20-19(23)21-18-15-7-5-4-6-14(15)10-16(18)22/h4-9,16,18,22H,10H2,1-3H3,(H2,20,21,23)/t16-,18+/m0/s1. The summed E-state index contributed by atoms with van der Waals surface area (Å²) in [5.74, 6) is 0. The molecule has 0 unspecified atom stereocenters. The Balaban J connectivity index is 1.76. The molecule has 2 aromatic carbocycles. The number of aliphatic hydroxyl groups is 1. The molecule has 23 heavy (non-hydrogen) atoms. The van der Waals surface area contributed by atoms with Crippen LogP contribution >= 0.6 is 0 Å². The van der Waals surface area contributed by atoms with Gasteiger partial charge in [0.25, 0.3) is 0 Å². The molecule has 1 aliphatic carbocycles. The molecule has 0 aliphatic heterocycles. The van der Waals surface area contributed by atoms with E-state index >= 15 is 0 Å². The van der Waals surface area contributed by atoms with Crippen molar-refractivity contribution >= 4 is 11.7 Å². The van der Waals surface area contributed by atoms with Gasteiger partial charge in [-0.2, -0.15) is 0 Å². The largest absolute Gasteiger partial charge is 0.390 e. The molecule has 3 N–H and O–H groups in total. The average Bonchev–Trinajstić information content (AvgIpc) is 2.79. The molecule has 1 aliphatic rings. The van der Waals surface area contributed by atoms with Crippen molar-refractivity contribution in [2.75, 3.05) is 5.32 Å². The Labute approximate surface area is 136 Å². The highest BCUT2D eigenvalue weighted by Crippen LogP contribution is 2.31. The van der Waals surface area contributed by atoms with E-state index in [-0.39, 0.29) is 12.1 Å². The number of nitrogens with one attached hydrogen (secondary N) is 2. The number of rotatable bonds is 2. The van der Waals surface area contributed by atoms with Gasteiger partial charge in [-0.05, 0) is 43.0 Å². The lowest BCUT2D eigenvalue weighted by atomic mass is 10.1. The van der Waals surface area contributed by atoms with E-state index in [2.05, 4.69) is 10.6 Å². The van der Waals surface area contributed by atoms with Crippen LogP contribution in [0.5, 0.6) is 0 Å². The lowest BCUT2D eigenvalue weighted by molar-refractivity contribution is 0.144. The van der Waals surface area contributed by atoms with E-state index in [1.165, 1.54) is 5.56 Å². The van der Waals surface area contributed by atoms with Crippen LogP contribution in [0.1, 0.15) is 33.9 Å². The van der Waals surface area contributed by atoms with E-state index in [0.29, 0.717) is 6.42 Å². The quantitative estimate of drug-likeness (QED) is 0.796. The molecular weight excluding hydrogens is 288 g/mol. The fraction of sp³-hybridized carbons (Fsp3) is 0.316. The molecule has 0 spiro atoms. The van der Waals surface area contributed by atoms with Gasteiger partial charge in [0.2, 0.25) is 0 Å². The number of carbonyl (C=O) groups excluding carboxylic acids is 1. The van der Waals surface area contributed by atoms with Crippen molar-refractivity contribution in [3.63, 3.8) is 0 Å². The van der Waals surface area contributed by atoms with Crippen LogP contribution in [0.3, 0.4) is 0 Å². The Morgan fingerprint density at radius 1 is 1.13 bits per heavy atom. The summed E-state index contributed by atoms with van der Waals surface area (Å²) in [7, 11) is 0. The molecule has 0 fully saturated rings. The number of urea groups is 1. The van der Waals surface area contributed by atoms with Crippen molar-refractivity contribution < 1.29 is 9.90 Å². The Bertz CT molecular complexity index is 732. The average molecular weight is 310 g/mol. The summed E-state index contributed by atoms with van der Waals surface area (Å²) in [6.45, 7) is 6.00. The molecule has 0 saturated carbocycles. The number of fused-ring (bicyclic) bond motifs is 1. The minimum absolute atomic E-state index is 0.291. The van der Waals surface area contributed by atoms with E-state index in [9.17, 15) is 9.90 Å². The van der Waals surface area contributed by atoms with Gasteiger partial charge in [-0.1, -0.05) is 42.0 Å². The molecule has 0 radical (unpaired) electrons. The number of carbonyl (C=O) groups is 1. The van der Waals surface area contributed by atoms with Crippen molar-refractivity contribution in [2.45, 2.75) is 39.3 Å². The predicted octanol–water partition coefficient (Wildman–Crippen LogP) is 3.39. The van der Waals surface area contributed by atoms with Crippen molar-refractivity contribution in [1.82, 2.24) is 5.32 Å². The third-order valence-electron chi connectivity index (χ3n) is 4.41. The van der Waals surface area contributed by atoms with E-state index in [1.54, 1.807) is 0 Å². The molecule has 0 saturated heterocycles. The molecule has 2 atom stereocenters. The van der Waals surface area contributed by atoms with E-state index in [0.717, 1.165) is 27.9 Å². The monoisotopic (exact) mass is 310 g/mol. The number of hydrogen-bond donors (Lipinski definition) is 3. The fourth-order valence-corrected chi connectivity index (χ4v) is 3.42. The molecule has 4 heteroatoms. The van der Waals surface area contributed by atoms with E-state index in [1.807, 2.05) is 57.2 Å². The first-order valence-electron chi connectivity index (χ1n) is 7.87. The second kappa shape index (κ2) is 6.05. The lowest BCUT2D eigenvalue weighted by Gasteiger charge is -2.20. The van der Waals surface area contributed by atoms with Crippen LogP contribution in [0.15, 0.2) is 36.4 Å². The van der Waals surface area contributed by atoms with Gasteiger partial charge >= 0.3 is 6.03 Å². The first-order valence-corrected chi connectivity index (χ1v) is 7.87. The van der Waals surface area contributed by atoms with Crippen molar-refractivity contribution in [2.24, 2.45) is 0 Å². The van der Waals surface area contributed by atoms with Crippen LogP contribution in [0.25, 0.3) is 0 Å². The van der Waals surface area contributed by atoms with Crippen LogP contribution in [0, 0.1) is 20.8 Å². The van der Waals surface area contributed by atoms with Gasteiger partial charge < -0.3 is 15.7 Å². The molecular formula is C19H22N2O2. The highest BCUT2D eigenvalue weighted by Gasteiger charge is 2.31. The minimum Gasteiger partial charge on any atom is -0.390 e. The summed E-state index contributed by atoms with van der Waals surface area (Å²) in [4.78, 5) is 12.4. The van der Waals surface area contributed by atoms with E-state index < -0.39 is 6.10 Å². The Morgan fingerprint density at radius 2 is 1.78 bits per heavy atom. The van der Waals surface area contributed by atoms with Crippen LogP contribution in [0.2, 0.25) is 0 Å². The van der Waals surface area contributed by atoms with E-state index in [4.69, 9.17) is 0 Å². The maximum Gasteiger partial charge on any atom is 0.319 e. The SMILES string of the molecule is Cc1cc(C)c(NC(=O)N[C@@H]2c3ccccc3C[C@@H]2O)c(C)c1. The number of hydrogen-bond acceptors (Lipinski definition) is 2. The number of amides is 2. The normalized spacial score (nSPS) is 19.3. The highest BCUT2D eigenvalue weighted by atomic mass is 16.3. The van der Waals surface area contributed by atoms with Gasteiger partial charge in [-0.15, -0.1) is 0 Å². The molecule has 0 bridgehead atoms. The zero-order valence-electron chi connectivity index (χ0n) is 13.7. The first-order chi connectivity index (χ1) is 11.0. The zero-order valence-corrected chi connectivity index (χ0v) is 13.7. The Kier molecular flexibility index (Phi) is 4.09. The number of anilines is 1. The first kappa shape index (κ1) is 15.6. The zero-order chi connectivity index (χ0) is 16.6. The third-order valence-corrected chi connectivity index (χ3v) is 4.41. The summed E-state index contributed by atoms with van der Waals surface area (Å²) in [5.41, 5.74) is 6.15. The van der Waals surface area contributed by atoms with Crippen molar-refractivity contribution in [1.29, 1.82) is 0 Å². The molecule has 4 nitrogen and oxygen atoms in total. The molecule has 0 aromatic heterocycles. The van der Waals surface area contributed by atoms with Crippen LogP contribution in [0.4, 0.5) is 10.5 Å². The molecule has 120 valence electrons. The summed E-state index contributed by atoms with van der Waals surface area (Å²) in [5, 5.41) is 16.1. The van der Waals surface area contributed by atoms with Gasteiger partial charge in [0.05, 0.1) is 12.1 Å². The summed E-state index contributed by atoms with van der Waals surface area (Å²) >= 11 is 0. The van der Waals surface area contributed by atoms with Crippen LogP contribution < -0.4 is 10.6 Å². The summed E-state index contributed by atoms with van der Waals surface area (Å²) in [6, 6.07) is 11.3. The number of aliphatic hydroxyl groups excluding tert-OH is 1. The molecule has 0 heterocycles. The molecule has 3 rings (SSSR count). The minimum atomic E-state index is -0.585. The maximum atomic E-state index is 12.4. The highest BCUT2D eigenvalue weighted by molar-refractivity contribution is 5.91. The lowest BCUT2D eigenvalue weighted by Crippen LogP contribution is -2.37. The summed E-state index contributed by atoms with van der Waals surface area (Å²) < 4.78 is 0. The second-order valence-corrected chi connectivity index (χ2v) is 6.32. The maximum absolute atomic E-state index is 12.4. The van der Waals surface area contributed by atoms with Gasteiger partial charge in [-0.3, -0.25) is 0 Å². The van der Waals surface area contributed by atoms with Gasteiger partial charge in [0, 0.05) is 12.1 Å². The van der Waals surface area contributed by atoms with Crippen LogP contribution in [-0.2, 0) is 6.42 Å². The third kappa shape index (κ3) is 3.08. The van der Waals surface area contributed by atoms with Crippen molar-refractivity contribution in [3.8, 4) is 0 Å². The fourth-order valence-electron chi connectivity index (χ4n) is 3.42. The van der Waals surface area contributed by atoms with Crippen molar-refractivity contribution in [3.05, 3.63) is 64.2 Å². The predicted molar refractivity (Wildman–Crippen MR) is 91.7 cm³/mol. The topological polar surface area (TPSA) is 61.4 Å². The van der Waals surface area contributed by atoms with Gasteiger partial charge in [0.1, 0.15) is 0 Å². The molecule has 2 aromatic rings. The van der Waals surface area contributed by atoms with Gasteiger partial charge in [0.15, 0.2) is 0 Å². The van der Waals surface area contributed by atoms with Crippen LogP contribution in [-0.4, -0.2) is 17.2 Å². The Hall–Kier alpha value is -2.33. The van der Waals surface area contributed by atoms with Gasteiger partial charge in [-0.25, -0.2) is 4.79 Å². The number of aryl methyl sites for hydroxylation is 3. The Morgan fingerprint density at radius 3 is 2.48 bits per heavy atom. The second-order valence-electron chi connectivity index (χ2n) is 6.32. The molecule has 2 amide bonds. The summed E-state index contributed by atoms with van der Waals surface area (Å²) in [6.07, 6.45) is -0.0117. The number of benzene rings is 2.